The van der Waals surface area contributed by atoms with Crippen LogP contribution in [0.2, 0.25) is 0 Å². The van der Waals surface area contributed by atoms with Gasteiger partial charge in [0.15, 0.2) is 28.8 Å². The molecule has 10 nitrogen and oxygen atoms in total. The van der Waals surface area contributed by atoms with Crippen molar-refractivity contribution in [2.75, 3.05) is 53.5 Å². The van der Waals surface area contributed by atoms with Gasteiger partial charge in [-0.3, -0.25) is 14.6 Å². The van der Waals surface area contributed by atoms with Crippen LogP contribution in [0.4, 0.5) is 0 Å². The third-order valence-electron chi connectivity index (χ3n) is 9.82. The minimum absolute atomic E-state index is 0.0608. The molecule has 3 aliphatic rings. The SMILES string of the molecule is COc1cc(/C=C2\CN(S(=O)(=O)c3ccccc3)C/C(=C\c3cc(CN4CCCCC4)c(O)c(OC)c3)C2=O)cc(CN2CCCCC2)c1O. The van der Waals surface area contributed by atoms with Crippen molar-refractivity contribution in [3.05, 3.63) is 88.0 Å². The molecule has 0 amide bonds. The number of sulfonamides is 1. The summed E-state index contributed by atoms with van der Waals surface area (Å²) in [5.74, 6) is 0.420. The number of likely N-dealkylation sites (tertiary alicyclic amines) is 2. The highest BCUT2D eigenvalue weighted by molar-refractivity contribution is 7.89. The Morgan fingerprint density at radius 3 is 1.54 bits per heavy atom. The molecular formula is C39H47N3O7S. The Bertz CT molecular complexity index is 1760. The van der Waals surface area contributed by atoms with Gasteiger partial charge in [-0.2, -0.15) is 4.31 Å². The van der Waals surface area contributed by atoms with E-state index in [1.54, 1.807) is 54.6 Å². The molecule has 0 atom stereocenters. The normalized spacial score (nSPS) is 20.0. The zero-order chi connectivity index (χ0) is 35.3. The largest absolute Gasteiger partial charge is 0.504 e. The smallest absolute Gasteiger partial charge is 0.243 e. The molecule has 3 aromatic rings. The Morgan fingerprint density at radius 1 is 0.680 bits per heavy atom. The van der Waals surface area contributed by atoms with Crippen LogP contribution < -0.4 is 9.47 Å². The quantitative estimate of drug-likeness (QED) is 0.252. The molecular weight excluding hydrogens is 655 g/mol. The lowest BCUT2D eigenvalue weighted by molar-refractivity contribution is -0.113. The zero-order valence-corrected chi connectivity index (χ0v) is 29.8. The molecule has 50 heavy (non-hydrogen) atoms. The molecule has 3 heterocycles. The molecule has 0 aromatic heterocycles. The fourth-order valence-corrected chi connectivity index (χ4v) is 8.55. The van der Waals surface area contributed by atoms with Gasteiger partial charge in [-0.1, -0.05) is 31.0 Å². The number of Topliss-reactive ketones (excluding diaryl/α,β-unsaturated/α-hetero) is 1. The van der Waals surface area contributed by atoms with E-state index in [0.29, 0.717) is 35.3 Å². The first-order valence-corrected chi connectivity index (χ1v) is 18.9. The maximum atomic E-state index is 14.3. The van der Waals surface area contributed by atoms with E-state index in [-0.39, 0.29) is 57.9 Å². The number of hydrogen-bond donors (Lipinski definition) is 2. The number of piperidine rings is 3. The molecule has 0 unspecified atom stereocenters. The van der Waals surface area contributed by atoms with Crippen molar-refractivity contribution < 1.29 is 32.9 Å². The predicted octanol–water partition coefficient (Wildman–Crippen LogP) is 5.83. The van der Waals surface area contributed by atoms with E-state index in [2.05, 4.69) is 9.80 Å². The second-order valence-electron chi connectivity index (χ2n) is 13.4. The highest BCUT2D eigenvalue weighted by atomic mass is 32.2. The summed E-state index contributed by atoms with van der Waals surface area (Å²) in [6.45, 7) is 4.57. The molecule has 3 aliphatic heterocycles. The number of aromatic hydroxyl groups is 2. The summed E-state index contributed by atoms with van der Waals surface area (Å²) in [5.41, 5.74) is 3.20. The number of methoxy groups -OCH3 is 2. The third-order valence-corrected chi connectivity index (χ3v) is 11.6. The minimum atomic E-state index is -3.97. The van der Waals surface area contributed by atoms with Crippen LogP contribution in [0.5, 0.6) is 23.0 Å². The number of phenolic OH excluding ortho intramolecular Hbond substituents is 2. The Hall–Kier alpha value is -4.16. The lowest BCUT2D eigenvalue weighted by atomic mass is 9.94. The summed E-state index contributed by atoms with van der Waals surface area (Å²) in [6.07, 6.45) is 10.2. The first-order chi connectivity index (χ1) is 24.2. The van der Waals surface area contributed by atoms with Crippen molar-refractivity contribution in [2.45, 2.75) is 56.5 Å². The van der Waals surface area contributed by atoms with E-state index >= 15 is 0 Å². The summed E-state index contributed by atoms with van der Waals surface area (Å²) in [5, 5.41) is 22.0. The lowest BCUT2D eigenvalue weighted by Crippen LogP contribution is -2.41. The minimum Gasteiger partial charge on any atom is -0.504 e. The van der Waals surface area contributed by atoms with Crippen LogP contribution in [0.1, 0.15) is 60.8 Å². The molecule has 0 bridgehead atoms. The fraction of sp³-hybridized carbons (Fsp3) is 0.410. The maximum absolute atomic E-state index is 14.3. The summed E-state index contributed by atoms with van der Waals surface area (Å²) < 4.78 is 40.3. The van der Waals surface area contributed by atoms with Crippen LogP contribution >= 0.6 is 0 Å². The summed E-state index contributed by atoms with van der Waals surface area (Å²) in [4.78, 5) is 19.0. The second-order valence-corrected chi connectivity index (χ2v) is 15.3. The summed E-state index contributed by atoms with van der Waals surface area (Å²) in [7, 11) is -0.995. The number of rotatable bonds is 10. The van der Waals surface area contributed by atoms with Gasteiger partial charge in [0, 0.05) is 48.5 Å². The fourth-order valence-electron chi connectivity index (χ4n) is 7.14. The summed E-state index contributed by atoms with van der Waals surface area (Å²) in [6, 6.07) is 15.2. The molecule has 3 fully saturated rings. The van der Waals surface area contributed by atoms with E-state index in [1.165, 1.54) is 31.4 Å². The second kappa shape index (κ2) is 15.8. The van der Waals surface area contributed by atoms with E-state index in [0.717, 1.165) is 51.9 Å². The molecule has 0 aliphatic carbocycles. The molecule has 3 aromatic carbocycles. The van der Waals surface area contributed by atoms with E-state index in [4.69, 9.17) is 9.47 Å². The maximum Gasteiger partial charge on any atom is 0.243 e. The van der Waals surface area contributed by atoms with E-state index < -0.39 is 10.0 Å². The monoisotopic (exact) mass is 701 g/mol. The molecule has 0 spiro atoms. The van der Waals surface area contributed by atoms with Crippen molar-refractivity contribution in [2.24, 2.45) is 0 Å². The van der Waals surface area contributed by atoms with Gasteiger partial charge in [-0.05, 0) is 112 Å². The van der Waals surface area contributed by atoms with Gasteiger partial charge in [-0.25, -0.2) is 8.42 Å². The number of ketones is 1. The van der Waals surface area contributed by atoms with Crippen molar-refractivity contribution in [1.29, 1.82) is 0 Å². The molecule has 0 radical (unpaired) electrons. The number of ether oxygens (including phenoxy) is 2. The molecule has 6 rings (SSSR count). The topological polar surface area (TPSA) is 120 Å². The Kier molecular flexibility index (Phi) is 11.3. The molecule has 266 valence electrons. The first kappa shape index (κ1) is 35.7. The number of carbonyl (C=O) groups excluding carboxylic acids is 1. The number of carbonyl (C=O) groups is 1. The molecule has 3 saturated heterocycles. The third kappa shape index (κ3) is 8.07. The highest BCUT2D eigenvalue weighted by Crippen LogP contribution is 2.37. The summed E-state index contributed by atoms with van der Waals surface area (Å²) >= 11 is 0. The Labute approximate surface area is 295 Å². The van der Waals surface area contributed by atoms with Crippen LogP contribution in [0.15, 0.2) is 70.6 Å². The van der Waals surface area contributed by atoms with Crippen LogP contribution in [-0.2, 0) is 27.9 Å². The molecule has 2 N–H and O–H groups in total. The molecule has 11 heteroatoms. The van der Waals surface area contributed by atoms with Gasteiger partial charge in [0.25, 0.3) is 0 Å². The number of phenols is 2. The van der Waals surface area contributed by atoms with Crippen LogP contribution in [0.25, 0.3) is 12.2 Å². The zero-order valence-electron chi connectivity index (χ0n) is 28.9. The molecule has 0 saturated carbocycles. The average Bonchev–Trinajstić information content (AvgIpc) is 3.13. The van der Waals surface area contributed by atoms with Gasteiger partial charge in [0.1, 0.15) is 0 Å². The van der Waals surface area contributed by atoms with Crippen molar-refractivity contribution in [3.63, 3.8) is 0 Å². The van der Waals surface area contributed by atoms with Gasteiger partial charge in [-0.15, -0.1) is 0 Å². The number of benzene rings is 3. The lowest BCUT2D eigenvalue weighted by Gasteiger charge is -2.29. The van der Waals surface area contributed by atoms with Crippen molar-refractivity contribution in [1.82, 2.24) is 14.1 Å². The van der Waals surface area contributed by atoms with E-state index in [9.17, 15) is 23.4 Å². The first-order valence-electron chi connectivity index (χ1n) is 17.4. The van der Waals surface area contributed by atoms with E-state index in [1.807, 2.05) is 12.1 Å². The van der Waals surface area contributed by atoms with Crippen molar-refractivity contribution >= 4 is 28.0 Å². The Morgan fingerprint density at radius 2 is 1.12 bits per heavy atom. The standard InChI is InChI=1S/C39H47N3O7S/c1-48-35-22-28(18-30(38(35)44)24-40-14-8-4-9-15-40)20-32-26-42(50(46,47)34-12-6-3-7-13-34)27-33(37(32)43)21-29-19-31(39(45)36(23-29)49-2)25-41-16-10-5-11-17-41/h3,6-7,12-13,18-23,44-45H,4-5,8-11,14-17,24-27H2,1-2H3/b32-20+,33-21+. The van der Waals surface area contributed by atoms with Crippen LogP contribution in [0, 0.1) is 0 Å². The highest BCUT2D eigenvalue weighted by Gasteiger charge is 2.34. The average molecular weight is 702 g/mol. The van der Waals surface area contributed by atoms with Gasteiger partial charge >= 0.3 is 0 Å². The van der Waals surface area contributed by atoms with Gasteiger partial charge in [0.05, 0.1) is 19.1 Å². The van der Waals surface area contributed by atoms with Crippen LogP contribution in [0.3, 0.4) is 0 Å². The van der Waals surface area contributed by atoms with Gasteiger partial charge < -0.3 is 19.7 Å². The number of hydrogen-bond acceptors (Lipinski definition) is 9. The van der Waals surface area contributed by atoms with Crippen molar-refractivity contribution in [3.8, 4) is 23.0 Å². The predicted molar refractivity (Wildman–Crippen MR) is 194 cm³/mol. The van der Waals surface area contributed by atoms with Gasteiger partial charge in [0.2, 0.25) is 10.0 Å². The number of nitrogens with zero attached hydrogens (tertiary/aromatic N) is 3. The van der Waals surface area contributed by atoms with Crippen LogP contribution in [-0.4, -0.2) is 92.0 Å². The Balaban J connectivity index is 1.41.